The Hall–Kier alpha value is -2.04. The van der Waals surface area contributed by atoms with E-state index in [9.17, 15) is 23.1 Å². The summed E-state index contributed by atoms with van der Waals surface area (Å²) in [7, 11) is 0. The van der Waals surface area contributed by atoms with Crippen LogP contribution in [0.15, 0.2) is 40.2 Å². The van der Waals surface area contributed by atoms with Gasteiger partial charge in [0.15, 0.2) is 5.75 Å². The second kappa shape index (κ2) is 9.62. The number of hydrogen-bond acceptors (Lipinski definition) is 6. The highest BCUT2D eigenvalue weighted by atomic mass is 32.2. The quantitative estimate of drug-likeness (QED) is 0.669. The molecule has 1 N–H and O–H groups in total. The number of aliphatic hydroxyl groups is 1. The van der Waals surface area contributed by atoms with Crippen LogP contribution in [0.1, 0.15) is 33.1 Å². The third-order valence-corrected chi connectivity index (χ3v) is 5.65. The minimum absolute atomic E-state index is 0.0956. The molecule has 0 spiro atoms. The molecular formula is C21H25F3N2O4S. The predicted molar refractivity (Wildman–Crippen MR) is 111 cm³/mol. The van der Waals surface area contributed by atoms with Gasteiger partial charge in [0.25, 0.3) is 0 Å². The molecule has 2 aromatic rings. The molecule has 10 heteroatoms. The number of nitrogens with zero attached hydrogens (tertiary/aromatic N) is 2. The van der Waals surface area contributed by atoms with E-state index in [4.69, 9.17) is 9.47 Å². The first-order valence-corrected chi connectivity index (χ1v) is 10.8. The number of halogens is 3. The fraction of sp³-hybridized carbons (Fsp3) is 0.524. The van der Waals surface area contributed by atoms with Crippen molar-refractivity contribution in [2.75, 3.05) is 13.2 Å². The summed E-state index contributed by atoms with van der Waals surface area (Å²) in [4.78, 5) is 13.6. The fourth-order valence-electron chi connectivity index (χ4n) is 3.02. The van der Waals surface area contributed by atoms with E-state index in [1.165, 1.54) is 20.0 Å². The third kappa shape index (κ3) is 6.98. The zero-order valence-electron chi connectivity index (χ0n) is 17.3. The van der Waals surface area contributed by atoms with Gasteiger partial charge >= 0.3 is 11.7 Å². The minimum Gasteiger partial charge on any atom is -0.484 e. The molecule has 170 valence electrons. The van der Waals surface area contributed by atoms with Crippen molar-refractivity contribution in [1.29, 1.82) is 0 Å². The van der Waals surface area contributed by atoms with E-state index in [0.717, 1.165) is 30.8 Å². The SMILES string of the molecule is CC(C)(O)COc1c(-c2ccc(SC3CCCCO3)cc2)cnn(CC(F)(F)F)c1=O. The molecule has 1 fully saturated rings. The van der Waals surface area contributed by atoms with Crippen molar-refractivity contribution in [1.82, 2.24) is 9.78 Å². The summed E-state index contributed by atoms with van der Waals surface area (Å²) in [5.41, 5.74) is -1.35. The fourth-order valence-corrected chi connectivity index (χ4v) is 4.06. The second-order valence-corrected chi connectivity index (χ2v) is 9.24. The molecule has 3 rings (SSSR count). The van der Waals surface area contributed by atoms with Crippen LogP contribution in [0.25, 0.3) is 11.1 Å². The average Bonchev–Trinajstić information content (AvgIpc) is 2.68. The predicted octanol–water partition coefficient (Wildman–Crippen LogP) is 4.24. The van der Waals surface area contributed by atoms with E-state index in [-0.39, 0.29) is 23.4 Å². The highest BCUT2D eigenvalue weighted by Gasteiger charge is 2.30. The summed E-state index contributed by atoms with van der Waals surface area (Å²) >= 11 is 1.61. The number of alkyl halides is 3. The zero-order chi connectivity index (χ0) is 22.6. The Morgan fingerprint density at radius 3 is 2.55 bits per heavy atom. The molecule has 0 amide bonds. The van der Waals surface area contributed by atoms with Crippen LogP contribution in [0.2, 0.25) is 0 Å². The molecule has 1 atom stereocenters. The van der Waals surface area contributed by atoms with Gasteiger partial charge in [-0.15, -0.1) is 0 Å². The first-order chi connectivity index (χ1) is 14.5. The maximum atomic E-state index is 12.8. The van der Waals surface area contributed by atoms with Crippen molar-refractivity contribution in [3.8, 4) is 16.9 Å². The molecule has 2 heterocycles. The summed E-state index contributed by atoms with van der Waals surface area (Å²) in [6.45, 7) is 1.90. The van der Waals surface area contributed by atoms with Crippen LogP contribution in [-0.4, -0.2) is 45.3 Å². The zero-order valence-corrected chi connectivity index (χ0v) is 18.1. The van der Waals surface area contributed by atoms with Gasteiger partial charge in [-0.25, -0.2) is 4.68 Å². The van der Waals surface area contributed by atoms with Gasteiger partial charge in [0.05, 0.1) is 11.8 Å². The lowest BCUT2D eigenvalue weighted by molar-refractivity contribution is -0.143. The number of thioether (sulfide) groups is 1. The second-order valence-electron chi connectivity index (χ2n) is 8.00. The topological polar surface area (TPSA) is 73.6 Å². The van der Waals surface area contributed by atoms with Crippen molar-refractivity contribution in [3.05, 3.63) is 40.8 Å². The number of ether oxygens (including phenoxy) is 2. The van der Waals surface area contributed by atoms with Gasteiger partial charge in [-0.2, -0.15) is 18.3 Å². The Bertz CT molecular complexity index is 934. The molecule has 0 saturated carbocycles. The molecule has 1 saturated heterocycles. The molecule has 0 bridgehead atoms. The summed E-state index contributed by atoms with van der Waals surface area (Å²) in [6, 6.07) is 7.23. The standard InChI is InChI=1S/C21H25F3N2O4S/c1-20(2,28)13-30-18-16(11-25-26(19(18)27)12-21(22,23)24)14-6-8-15(9-7-14)31-17-5-3-4-10-29-17/h6-9,11,17,28H,3-5,10,12-13H2,1-2H3. The van der Waals surface area contributed by atoms with E-state index < -0.39 is 23.9 Å². The van der Waals surface area contributed by atoms with E-state index in [1.54, 1.807) is 23.9 Å². The first kappa shape index (κ1) is 23.6. The Morgan fingerprint density at radius 1 is 1.26 bits per heavy atom. The van der Waals surface area contributed by atoms with Crippen molar-refractivity contribution in [3.63, 3.8) is 0 Å². The molecule has 31 heavy (non-hydrogen) atoms. The van der Waals surface area contributed by atoms with Crippen molar-refractivity contribution in [2.24, 2.45) is 0 Å². The molecule has 6 nitrogen and oxygen atoms in total. The van der Waals surface area contributed by atoms with Crippen LogP contribution < -0.4 is 10.3 Å². The summed E-state index contributed by atoms with van der Waals surface area (Å²) in [5.74, 6) is -0.280. The Kier molecular flexibility index (Phi) is 7.33. The maximum Gasteiger partial charge on any atom is 0.408 e. The lowest BCUT2D eigenvalue weighted by Gasteiger charge is -2.22. The summed E-state index contributed by atoms with van der Waals surface area (Å²) in [5, 5.41) is 13.6. The maximum absolute atomic E-state index is 12.8. The van der Waals surface area contributed by atoms with Crippen molar-refractivity contribution in [2.45, 2.75) is 61.8 Å². The van der Waals surface area contributed by atoms with E-state index >= 15 is 0 Å². The molecule has 1 aromatic carbocycles. The number of aromatic nitrogens is 2. The van der Waals surface area contributed by atoms with Crippen molar-refractivity contribution < 1.29 is 27.8 Å². The lowest BCUT2D eigenvalue weighted by Crippen LogP contribution is -2.34. The van der Waals surface area contributed by atoms with E-state index in [1.807, 2.05) is 12.1 Å². The van der Waals surface area contributed by atoms with Crippen LogP contribution in [0.5, 0.6) is 5.75 Å². The van der Waals surface area contributed by atoms with Crippen LogP contribution >= 0.6 is 11.8 Å². The van der Waals surface area contributed by atoms with Gasteiger partial charge in [0.2, 0.25) is 0 Å². The Morgan fingerprint density at radius 2 is 1.97 bits per heavy atom. The van der Waals surface area contributed by atoms with Gasteiger partial charge in [-0.1, -0.05) is 23.9 Å². The Labute approximate surface area is 182 Å². The Balaban J connectivity index is 1.89. The highest BCUT2D eigenvalue weighted by molar-refractivity contribution is 7.99. The van der Waals surface area contributed by atoms with Crippen molar-refractivity contribution >= 4 is 11.8 Å². The molecule has 0 aliphatic carbocycles. The van der Waals surface area contributed by atoms with Gasteiger partial charge in [0, 0.05) is 17.1 Å². The van der Waals surface area contributed by atoms with Crippen LogP contribution in [-0.2, 0) is 11.3 Å². The molecule has 1 aliphatic rings. The normalized spacial score (nSPS) is 17.5. The number of rotatable bonds is 7. The molecule has 0 radical (unpaired) electrons. The largest absolute Gasteiger partial charge is 0.484 e. The number of benzene rings is 1. The van der Waals surface area contributed by atoms with Crippen LogP contribution in [0, 0.1) is 0 Å². The summed E-state index contributed by atoms with van der Waals surface area (Å²) < 4.78 is 49.9. The third-order valence-electron chi connectivity index (χ3n) is 4.47. The lowest BCUT2D eigenvalue weighted by atomic mass is 10.1. The monoisotopic (exact) mass is 458 g/mol. The van der Waals surface area contributed by atoms with E-state index in [2.05, 4.69) is 5.10 Å². The average molecular weight is 459 g/mol. The smallest absolute Gasteiger partial charge is 0.408 e. The van der Waals surface area contributed by atoms with Crippen LogP contribution in [0.3, 0.4) is 0 Å². The molecule has 1 aromatic heterocycles. The first-order valence-electron chi connectivity index (χ1n) is 9.93. The summed E-state index contributed by atoms with van der Waals surface area (Å²) in [6.07, 6.45) is -0.262. The van der Waals surface area contributed by atoms with Gasteiger partial charge in [-0.05, 0) is 50.8 Å². The molecule has 1 aliphatic heterocycles. The molecule has 1 unspecified atom stereocenters. The van der Waals surface area contributed by atoms with Gasteiger partial charge in [-0.3, -0.25) is 4.79 Å². The number of hydrogen-bond donors (Lipinski definition) is 1. The molecular weight excluding hydrogens is 433 g/mol. The van der Waals surface area contributed by atoms with Gasteiger partial charge < -0.3 is 14.6 Å². The highest BCUT2D eigenvalue weighted by Crippen LogP contribution is 2.33. The van der Waals surface area contributed by atoms with Gasteiger partial charge in [0.1, 0.15) is 18.6 Å². The minimum atomic E-state index is -4.61. The van der Waals surface area contributed by atoms with E-state index in [0.29, 0.717) is 10.2 Å². The van der Waals surface area contributed by atoms with Crippen LogP contribution in [0.4, 0.5) is 13.2 Å².